The zero-order chi connectivity index (χ0) is 0. The zero-order valence-electron chi connectivity index (χ0n) is 1.93. The van der Waals surface area contributed by atoms with Crippen molar-refractivity contribution in [2.24, 2.45) is 0 Å². The van der Waals surface area contributed by atoms with Gasteiger partial charge in [0.2, 0.25) is 0 Å². The molecule has 0 aromatic heterocycles. The Kier molecular flexibility index (Phi) is 113. The molecule has 0 N–H and O–H groups in total. The molecule has 0 aliphatic carbocycles. The Labute approximate surface area is 97.4 Å². The van der Waals surface area contributed by atoms with Crippen LogP contribution in [0.5, 0.6) is 0 Å². The van der Waals surface area contributed by atoms with Gasteiger partial charge in [0, 0.05) is 27.7 Å². The molecule has 0 aromatic rings. The summed E-state index contributed by atoms with van der Waals surface area (Å²) in [5.74, 6) is 0. The van der Waals surface area contributed by atoms with Crippen LogP contribution in [-0.4, -0.2) is 0 Å². The monoisotopic (exact) mass is 586 g/mol. The standard InChI is InChI=1S/Hg.3HI/h;3*1H. The summed E-state index contributed by atoms with van der Waals surface area (Å²) in [6, 6.07) is 0. The summed E-state index contributed by atoms with van der Waals surface area (Å²) in [7, 11) is 0. The Morgan fingerprint density at radius 2 is 0.500 bits per heavy atom. The average Bonchev–Trinajstić information content (AvgIpc) is 0. The summed E-state index contributed by atoms with van der Waals surface area (Å²) < 4.78 is 0. The molecule has 0 radical (unpaired) electrons. The maximum atomic E-state index is 0. The van der Waals surface area contributed by atoms with Gasteiger partial charge in [0.25, 0.3) is 0 Å². The van der Waals surface area contributed by atoms with E-state index in [0.717, 1.165) is 0 Å². The molecule has 0 aliphatic rings. The second-order valence-electron chi connectivity index (χ2n) is 0. The van der Waals surface area contributed by atoms with Crippen LogP contribution >= 0.6 is 71.9 Å². The molecule has 4 heteroatoms. The van der Waals surface area contributed by atoms with E-state index in [1.165, 1.54) is 0 Å². The Bertz CT molecular complexity index is 3.25. The van der Waals surface area contributed by atoms with Crippen molar-refractivity contribution in [2.75, 3.05) is 0 Å². The van der Waals surface area contributed by atoms with Gasteiger partial charge >= 0.3 is 0 Å². The van der Waals surface area contributed by atoms with Gasteiger partial charge in [-0.1, -0.05) is 0 Å². The summed E-state index contributed by atoms with van der Waals surface area (Å²) in [4.78, 5) is 0. The molecule has 0 heterocycles. The Morgan fingerprint density at radius 1 is 0.500 bits per heavy atom. The fourth-order valence-electron chi connectivity index (χ4n) is 0. The van der Waals surface area contributed by atoms with Gasteiger partial charge in [0.05, 0.1) is 0 Å². The molecule has 0 saturated carbocycles. The largest absolute Gasteiger partial charge is 0.107 e. The quantitative estimate of drug-likeness (QED) is 0.302. The molecular formula is H3HgI3. The maximum Gasteiger partial charge on any atom is 0 e. The molecule has 0 unspecified atom stereocenters. The van der Waals surface area contributed by atoms with Crippen molar-refractivity contribution in [1.82, 2.24) is 0 Å². The number of halogens is 3. The van der Waals surface area contributed by atoms with E-state index in [1.807, 2.05) is 0 Å². The van der Waals surface area contributed by atoms with Crippen molar-refractivity contribution in [2.45, 2.75) is 0 Å². The van der Waals surface area contributed by atoms with Crippen LogP contribution in [0.3, 0.4) is 0 Å². The second kappa shape index (κ2) is 16.5. The predicted molar refractivity (Wildman–Crippen MR) is 46.2 cm³/mol. The third kappa shape index (κ3) is 8.93. The number of hydrogen-bond donors (Lipinski definition) is 0. The van der Waals surface area contributed by atoms with Crippen LogP contribution in [0.4, 0.5) is 0 Å². The van der Waals surface area contributed by atoms with E-state index >= 15 is 0 Å². The summed E-state index contributed by atoms with van der Waals surface area (Å²) >= 11 is 0. The van der Waals surface area contributed by atoms with Gasteiger partial charge in [-0.3, -0.25) is 0 Å². The second-order valence-corrected chi connectivity index (χ2v) is 0. The topological polar surface area (TPSA) is 0 Å². The van der Waals surface area contributed by atoms with Gasteiger partial charge in [-0.2, -0.15) is 0 Å². The summed E-state index contributed by atoms with van der Waals surface area (Å²) in [5, 5.41) is 0. The minimum Gasteiger partial charge on any atom is -0.107 e. The van der Waals surface area contributed by atoms with Gasteiger partial charge in [0.1, 0.15) is 0 Å². The van der Waals surface area contributed by atoms with Crippen LogP contribution < -0.4 is 0 Å². The summed E-state index contributed by atoms with van der Waals surface area (Å²) in [5.41, 5.74) is 0. The van der Waals surface area contributed by atoms with E-state index in [-0.39, 0.29) is 99.6 Å². The molecule has 0 saturated heterocycles. The van der Waals surface area contributed by atoms with Crippen molar-refractivity contribution < 1.29 is 27.7 Å². The minimum absolute atomic E-state index is 0. The SMILES string of the molecule is I.I.I.[Hg]. The smallest absolute Gasteiger partial charge is 0 e. The molecule has 4 heavy (non-hydrogen) atoms. The third-order valence-corrected chi connectivity index (χ3v) is 0. The number of rotatable bonds is 0. The molecule has 0 nitrogen and oxygen atoms in total. The van der Waals surface area contributed by atoms with Crippen LogP contribution in [0.2, 0.25) is 0 Å². The number of hydrogen-bond acceptors (Lipinski definition) is 0. The molecule has 0 rings (SSSR count). The van der Waals surface area contributed by atoms with E-state index in [9.17, 15) is 0 Å². The molecule has 26 valence electrons. The fourth-order valence-corrected chi connectivity index (χ4v) is 0. The first-order chi connectivity index (χ1) is 0. The first-order valence-electron chi connectivity index (χ1n) is 0. The normalized spacial score (nSPS) is 0. The Hall–Kier alpha value is 3.13. The Balaban J connectivity index is 0. The van der Waals surface area contributed by atoms with Crippen LogP contribution in [0.25, 0.3) is 0 Å². The van der Waals surface area contributed by atoms with E-state index in [1.54, 1.807) is 0 Å². The fraction of sp³-hybridized carbons (Fsp3) is 0. The van der Waals surface area contributed by atoms with Crippen LogP contribution in [-0.2, 0) is 27.7 Å². The first-order valence-corrected chi connectivity index (χ1v) is 0. The van der Waals surface area contributed by atoms with E-state index in [2.05, 4.69) is 0 Å². The molecule has 0 aliphatic heterocycles. The van der Waals surface area contributed by atoms with Gasteiger partial charge in [-0.15, -0.1) is 71.9 Å². The van der Waals surface area contributed by atoms with Gasteiger partial charge < -0.3 is 0 Å². The van der Waals surface area contributed by atoms with Crippen molar-refractivity contribution in [3.8, 4) is 0 Å². The van der Waals surface area contributed by atoms with Crippen LogP contribution in [0.15, 0.2) is 0 Å². The molecular weight excluding hydrogens is 581 g/mol. The first kappa shape index (κ1) is 27.4. The summed E-state index contributed by atoms with van der Waals surface area (Å²) in [6.45, 7) is 0. The summed E-state index contributed by atoms with van der Waals surface area (Å²) in [6.07, 6.45) is 0. The Morgan fingerprint density at radius 3 is 0.500 bits per heavy atom. The predicted octanol–water partition coefficient (Wildman–Crippen LogP) is 1.85. The van der Waals surface area contributed by atoms with Crippen molar-refractivity contribution in [1.29, 1.82) is 0 Å². The molecule has 0 amide bonds. The van der Waals surface area contributed by atoms with E-state index in [0.29, 0.717) is 0 Å². The minimum atomic E-state index is 0. The average molecular weight is 584 g/mol. The van der Waals surface area contributed by atoms with E-state index in [4.69, 9.17) is 0 Å². The molecule has 0 aromatic carbocycles. The van der Waals surface area contributed by atoms with E-state index < -0.39 is 0 Å². The van der Waals surface area contributed by atoms with Gasteiger partial charge in [0.15, 0.2) is 0 Å². The van der Waals surface area contributed by atoms with Crippen molar-refractivity contribution in [3.05, 3.63) is 0 Å². The van der Waals surface area contributed by atoms with Crippen molar-refractivity contribution >= 4 is 71.9 Å². The third-order valence-electron chi connectivity index (χ3n) is 0. The zero-order valence-corrected chi connectivity index (χ0v) is 14.4. The maximum absolute atomic E-state index is 0. The molecule has 0 fully saturated rings. The van der Waals surface area contributed by atoms with Crippen LogP contribution in [0, 0.1) is 0 Å². The van der Waals surface area contributed by atoms with Crippen LogP contribution in [0.1, 0.15) is 0 Å². The van der Waals surface area contributed by atoms with Gasteiger partial charge in [-0.25, -0.2) is 0 Å². The van der Waals surface area contributed by atoms with Crippen molar-refractivity contribution in [3.63, 3.8) is 0 Å². The van der Waals surface area contributed by atoms with Gasteiger partial charge in [-0.05, 0) is 0 Å². The molecule has 0 bridgehead atoms. The molecule has 0 spiro atoms. The molecule has 0 atom stereocenters.